The highest BCUT2D eigenvalue weighted by Crippen LogP contribution is 2.43. The van der Waals surface area contributed by atoms with Crippen LogP contribution in [0, 0.1) is 0 Å². The van der Waals surface area contributed by atoms with Crippen LogP contribution in [-0.4, -0.2) is 18.4 Å². The first-order valence-electron chi connectivity index (χ1n) is 6.32. The third-order valence-corrected chi connectivity index (χ3v) is 3.13. The average Bonchev–Trinajstić information content (AvgIpc) is 2.83. The number of hydrogen-bond acceptors (Lipinski definition) is 5. The molecule has 3 rings (SSSR count). The average molecular weight is 260 g/mol. The largest absolute Gasteiger partial charge is 0.486 e. The molecule has 0 atom stereocenters. The zero-order chi connectivity index (χ0) is 13.4. The van der Waals surface area contributed by atoms with Crippen molar-refractivity contribution in [3.05, 3.63) is 23.8 Å². The molecule has 2 heterocycles. The van der Waals surface area contributed by atoms with Crippen molar-refractivity contribution in [2.24, 2.45) is 0 Å². The van der Waals surface area contributed by atoms with Crippen molar-refractivity contribution in [1.82, 2.24) is 5.16 Å². The van der Waals surface area contributed by atoms with Gasteiger partial charge in [-0.25, -0.2) is 0 Å². The molecule has 0 bridgehead atoms. The van der Waals surface area contributed by atoms with Gasteiger partial charge in [-0.05, 0) is 18.1 Å². The van der Waals surface area contributed by atoms with Gasteiger partial charge < -0.3 is 19.7 Å². The second-order valence-electron chi connectivity index (χ2n) is 4.82. The van der Waals surface area contributed by atoms with Crippen LogP contribution < -0.4 is 15.2 Å². The van der Waals surface area contributed by atoms with E-state index in [-0.39, 0.29) is 5.92 Å². The van der Waals surface area contributed by atoms with Crippen LogP contribution >= 0.6 is 0 Å². The predicted octanol–water partition coefficient (Wildman–Crippen LogP) is 2.82. The summed E-state index contributed by atoms with van der Waals surface area (Å²) < 4.78 is 16.3. The van der Waals surface area contributed by atoms with E-state index in [2.05, 4.69) is 19.0 Å². The minimum absolute atomic E-state index is 0.282. The van der Waals surface area contributed by atoms with Crippen molar-refractivity contribution >= 4 is 5.88 Å². The Kier molecular flexibility index (Phi) is 2.81. The van der Waals surface area contributed by atoms with Crippen molar-refractivity contribution in [1.29, 1.82) is 0 Å². The number of hydrogen-bond donors (Lipinski definition) is 1. The van der Waals surface area contributed by atoms with Gasteiger partial charge in [-0.2, -0.15) is 0 Å². The Bertz CT molecular complexity index is 605. The molecular weight excluding hydrogens is 244 g/mol. The summed E-state index contributed by atoms with van der Waals surface area (Å²) in [5, 5.41) is 3.98. The lowest BCUT2D eigenvalue weighted by molar-refractivity contribution is 0.169. The van der Waals surface area contributed by atoms with Crippen molar-refractivity contribution in [2.75, 3.05) is 18.9 Å². The van der Waals surface area contributed by atoms with Crippen molar-refractivity contribution in [2.45, 2.75) is 19.8 Å². The molecule has 0 radical (unpaired) electrons. The van der Waals surface area contributed by atoms with Crippen molar-refractivity contribution < 1.29 is 14.0 Å². The first-order chi connectivity index (χ1) is 9.16. The summed E-state index contributed by atoms with van der Waals surface area (Å²) >= 11 is 0. The Morgan fingerprint density at radius 3 is 2.68 bits per heavy atom. The second-order valence-corrected chi connectivity index (χ2v) is 4.82. The molecule has 5 heteroatoms. The Hall–Kier alpha value is -2.17. The Labute approximate surface area is 111 Å². The lowest BCUT2D eigenvalue weighted by Gasteiger charge is -2.24. The van der Waals surface area contributed by atoms with Gasteiger partial charge in [-0.15, -0.1) is 0 Å². The van der Waals surface area contributed by atoms with E-state index in [9.17, 15) is 0 Å². The topological polar surface area (TPSA) is 70.5 Å². The highest BCUT2D eigenvalue weighted by Gasteiger charge is 2.23. The van der Waals surface area contributed by atoms with E-state index < -0.39 is 0 Å². The number of ether oxygens (including phenoxy) is 2. The summed E-state index contributed by atoms with van der Waals surface area (Å²) in [4.78, 5) is 0. The molecule has 19 heavy (non-hydrogen) atoms. The second kappa shape index (κ2) is 4.50. The smallest absolute Gasteiger partial charge is 0.222 e. The van der Waals surface area contributed by atoms with Crippen LogP contribution in [0.1, 0.15) is 25.3 Å². The van der Waals surface area contributed by atoms with Gasteiger partial charge in [0.2, 0.25) is 5.88 Å². The van der Waals surface area contributed by atoms with E-state index in [1.807, 2.05) is 12.1 Å². The Morgan fingerprint density at radius 2 is 2.00 bits per heavy atom. The lowest BCUT2D eigenvalue weighted by atomic mass is 9.93. The molecule has 1 aromatic carbocycles. The van der Waals surface area contributed by atoms with Gasteiger partial charge in [0.05, 0.1) is 0 Å². The molecular formula is C14H16N2O3. The molecule has 0 aliphatic carbocycles. The SMILES string of the molecule is CC(C)c1c(-c2cc(N)on2)ccc2c1OCCO2. The summed E-state index contributed by atoms with van der Waals surface area (Å²) in [6.07, 6.45) is 0. The molecule has 0 amide bonds. The standard InChI is InChI=1S/C14H16N2O3/c1-8(2)13-9(10-7-12(15)19-16-10)3-4-11-14(13)18-6-5-17-11/h3-4,7-8H,5-6,15H2,1-2H3. The van der Waals surface area contributed by atoms with E-state index in [1.165, 1.54) is 0 Å². The van der Waals surface area contributed by atoms with Gasteiger partial charge in [0, 0.05) is 17.2 Å². The van der Waals surface area contributed by atoms with Crippen LogP contribution in [0.2, 0.25) is 0 Å². The number of anilines is 1. The molecule has 0 unspecified atom stereocenters. The third-order valence-electron chi connectivity index (χ3n) is 3.13. The molecule has 1 aromatic heterocycles. The number of nitrogen functional groups attached to an aromatic ring is 1. The van der Waals surface area contributed by atoms with Crippen molar-refractivity contribution in [3.63, 3.8) is 0 Å². The molecule has 0 saturated heterocycles. The summed E-state index contributed by atoms with van der Waals surface area (Å²) in [7, 11) is 0. The van der Waals surface area contributed by atoms with Gasteiger partial charge in [0.25, 0.3) is 0 Å². The fourth-order valence-corrected chi connectivity index (χ4v) is 2.35. The Morgan fingerprint density at radius 1 is 1.21 bits per heavy atom. The first-order valence-corrected chi connectivity index (χ1v) is 6.32. The maximum Gasteiger partial charge on any atom is 0.222 e. The molecule has 100 valence electrons. The minimum atomic E-state index is 0.282. The van der Waals surface area contributed by atoms with E-state index in [0.29, 0.717) is 19.1 Å². The van der Waals surface area contributed by atoms with Gasteiger partial charge in [0.15, 0.2) is 11.5 Å². The van der Waals surface area contributed by atoms with Gasteiger partial charge in [0.1, 0.15) is 18.9 Å². The van der Waals surface area contributed by atoms with Crippen molar-refractivity contribution in [3.8, 4) is 22.8 Å². The Balaban J connectivity index is 2.19. The maximum atomic E-state index is 5.77. The van der Waals surface area contributed by atoms with E-state index in [4.69, 9.17) is 19.7 Å². The van der Waals surface area contributed by atoms with Gasteiger partial charge >= 0.3 is 0 Å². The van der Waals surface area contributed by atoms with Gasteiger partial charge in [-0.1, -0.05) is 19.0 Å². The van der Waals surface area contributed by atoms with E-state index in [0.717, 1.165) is 28.3 Å². The fourth-order valence-electron chi connectivity index (χ4n) is 2.35. The molecule has 0 saturated carbocycles. The predicted molar refractivity (Wildman–Crippen MR) is 71.4 cm³/mol. The van der Waals surface area contributed by atoms with Crippen LogP contribution in [0.5, 0.6) is 11.5 Å². The van der Waals surface area contributed by atoms with E-state index in [1.54, 1.807) is 6.07 Å². The maximum absolute atomic E-state index is 5.77. The molecule has 2 aromatic rings. The molecule has 1 aliphatic heterocycles. The number of nitrogens with zero attached hydrogens (tertiary/aromatic N) is 1. The van der Waals surface area contributed by atoms with Crippen LogP contribution in [0.3, 0.4) is 0 Å². The zero-order valence-corrected chi connectivity index (χ0v) is 11.0. The fraction of sp³-hybridized carbons (Fsp3) is 0.357. The number of nitrogens with two attached hydrogens (primary N) is 1. The normalized spacial score (nSPS) is 13.8. The number of aromatic nitrogens is 1. The van der Waals surface area contributed by atoms with Crippen LogP contribution in [0.15, 0.2) is 22.7 Å². The summed E-state index contributed by atoms with van der Waals surface area (Å²) in [6.45, 7) is 5.37. The molecule has 2 N–H and O–H groups in total. The van der Waals surface area contributed by atoms with Crippen LogP contribution in [-0.2, 0) is 0 Å². The van der Waals surface area contributed by atoms with E-state index >= 15 is 0 Å². The molecule has 0 spiro atoms. The number of benzene rings is 1. The molecule has 5 nitrogen and oxygen atoms in total. The highest BCUT2D eigenvalue weighted by atomic mass is 16.6. The summed E-state index contributed by atoms with van der Waals surface area (Å²) in [6, 6.07) is 5.60. The number of rotatable bonds is 2. The number of fused-ring (bicyclic) bond motifs is 1. The third kappa shape index (κ3) is 2.01. The summed E-state index contributed by atoms with van der Waals surface area (Å²) in [5.41, 5.74) is 8.36. The van der Waals surface area contributed by atoms with Crippen LogP contribution in [0.4, 0.5) is 5.88 Å². The van der Waals surface area contributed by atoms with Crippen LogP contribution in [0.25, 0.3) is 11.3 Å². The van der Waals surface area contributed by atoms with Gasteiger partial charge in [-0.3, -0.25) is 0 Å². The molecule has 1 aliphatic rings. The molecule has 0 fully saturated rings. The summed E-state index contributed by atoms with van der Waals surface area (Å²) in [5.74, 6) is 2.18. The lowest BCUT2D eigenvalue weighted by Crippen LogP contribution is -2.17. The first kappa shape index (κ1) is 11.9. The quantitative estimate of drug-likeness (QED) is 0.899. The zero-order valence-electron chi connectivity index (χ0n) is 11.0. The minimum Gasteiger partial charge on any atom is -0.486 e. The highest BCUT2D eigenvalue weighted by molar-refractivity contribution is 5.72. The monoisotopic (exact) mass is 260 g/mol.